The van der Waals surface area contributed by atoms with E-state index in [0.29, 0.717) is 12.1 Å². The summed E-state index contributed by atoms with van der Waals surface area (Å²) in [6.45, 7) is 6.34. The minimum absolute atomic E-state index is 0.284. The normalized spacial score (nSPS) is 28.2. The quantitative estimate of drug-likeness (QED) is 0.883. The van der Waals surface area contributed by atoms with Gasteiger partial charge in [-0.15, -0.1) is 0 Å². The molecule has 0 saturated carbocycles. The van der Waals surface area contributed by atoms with Gasteiger partial charge in [0.25, 0.3) is 0 Å². The molecular formula is C16H25N3O. The van der Waals surface area contributed by atoms with Crippen LogP contribution in [0.3, 0.4) is 0 Å². The highest BCUT2D eigenvalue weighted by Crippen LogP contribution is 2.24. The molecule has 1 aromatic rings. The fourth-order valence-electron chi connectivity index (χ4n) is 3.43. The topological polar surface area (TPSA) is 37.4 Å². The van der Waals surface area contributed by atoms with Gasteiger partial charge in [0.05, 0.1) is 12.7 Å². The second-order valence-electron chi connectivity index (χ2n) is 5.85. The third-order valence-electron chi connectivity index (χ3n) is 4.49. The smallest absolute Gasteiger partial charge is 0.0859 e. The minimum atomic E-state index is 0.284. The number of ether oxygens (including phenoxy) is 1. The van der Waals surface area contributed by atoms with Crippen molar-refractivity contribution in [2.75, 3.05) is 26.2 Å². The zero-order valence-corrected chi connectivity index (χ0v) is 12.3. The molecule has 2 saturated heterocycles. The summed E-state index contributed by atoms with van der Waals surface area (Å²) in [5.41, 5.74) is 1.14. The first kappa shape index (κ1) is 14.0. The molecule has 4 heteroatoms. The van der Waals surface area contributed by atoms with Gasteiger partial charge in [0.15, 0.2) is 0 Å². The van der Waals surface area contributed by atoms with Crippen molar-refractivity contribution in [3.8, 4) is 0 Å². The zero-order valence-electron chi connectivity index (χ0n) is 12.3. The zero-order chi connectivity index (χ0) is 13.8. The van der Waals surface area contributed by atoms with E-state index in [1.807, 2.05) is 12.3 Å². The highest BCUT2D eigenvalue weighted by atomic mass is 16.5. The molecule has 3 rings (SSSR count). The first-order valence-electron chi connectivity index (χ1n) is 7.85. The van der Waals surface area contributed by atoms with Crippen molar-refractivity contribution in [3.63, 3.8) is 0 Å². The number of likely N-dealkylation sites (N-methyl/N-ethyl adjacent to an activating group) is 1. The number of hydrogen-bond acceptors (Lipinski definition) is 4. The van der Waals surface area contributed by atoms with Crippen LogP contribution in [0.25, 0.3) is 0 Å². The molecule has 110 valence electrons. The minimum Gasteiger partial charge on any atom is -0.374 e. The molecule has 1 N–H and O–H groups in total. The second-order valence-corrected chi connectivity index (χ2v) is 5.85. The molecule has 0 aliphatic carbocycles. The third-order valence-corrected chi connectivity index (χ3v) is 4.49. The van der Waals surface area contributed by atoms with Crippen LogP contribution in [0.5, 0.6) is 0 Å². The van der Waals surface area contributed by atoms with Gasteiger partial charge in [0.2, 0.25) is 0 Å². The number of rotatable bonds is 5. The van der Waals surface area contributed by atoms with E-state index in [4.69, 9.17) is 4.74 Å². The molecule has 1 aromatic heterocycles. The number of pyridine rings is 1. The molecule has 2 aliphatic heterocycles. The standard InChI is InChI=1S/C16H25N3O/c1-2-17-15(10-13-6-3-4-8-18-13)16-11-19-9-5-7-14(19)12-20-16/h3-4,6,8,14-17H,2,5,7,9-12H2,1H3. The van der Waals surface area contributed by atoms with E-state index >= 15 is 0 Å². The number of hydrogen-bond donors (Lipinski definition) is 1. The Kier molecular flexibility index (Phi) is 4.65. The number of nitrogens with zero attached hydrogens (tertiary/aromatic N) is 2. The fourth-order valence-corrected chi connectivity index (χ4v) is 3.43. The number of morpholine rings is 1. The van der Waals surface area contributed by atoms with Crippen molar-refractivity contribution in [2.24, 2.45) is 0 Å². The lowest BCUT2D eigenvalue weighted by Gasteiger charge is -2.39. The van der Waals surface area contributed by atoms with E-state index in [2.05, 4.69) is 34.3 Å². The van der Waals surface area contributed by atoms with Gasteiger partial charge in [0, 0.05) is 36.9 Å². The maximum atomic E-state index is 6.15. The summed E-state index contributed by atoms with van der Waals surface area (Å²) < 4.78 is 6.15. The lowest BCUT2D eigenvalue weighted by atomic mass is 10.0. The molecule has 0 spiro atoms. The van der Waals surface area contributed by atoms with E-state index in [1.165, 1.54) is 19.4 Å². The largest absolute Gasteiger partial charge is 0.374 e. The van der Waals surface area contributed by atoms with Crippen molar-refractivity contribution < 1.29 is 4.74 Å². The van der Waals surface area contributed by atoms with E-state index in [-0.39, 0.29) is 6.10 Å². The molecule has 2 aliphatic rings. The van der Waals surface area contributed by atoms with Crippen LogP contribution in [0.15, 0.2) is 24.4 Å². The SMILES string of the molecule is CCNC(Cc1ccccn1)C1CN2CCCC2CO1. The summed E-state index contributed by atoms with van der Waals surface area (Å²) in [6.07, 6.45) is 5.73. The molecule has 0 aromatic carbocycles. The van der Waals surface area contributed by atoms with Crippen LogP contribution in [0.2, 0.25) is 0 Å². The summed E-state index contributed by atoms with van der Waals surface area (Å²) in [5, 5.41) is 3.59. The number of aromatic nitrogens is 1. The Bertz CT molecular complexity index is 411. The van der Waals surface area contributed by atoms with Crippen molar-refractivity contribution in [3.05, 3.63) is 30.1 Å². The predicted molar refractivity (Wildman–Crippen MR) is 79.7 cm³/mol. The molecule has 20 heavy (non-hydrogen) atoms. The summed E-state index contributed by atoms with van der Waals surface area (Å²) >= 11 is 0. The van der Waals surface area contributed by atoms with Crippen molar-refractivity contribution in [1.82, 2.24) is 15.2 Å². The van der Waals surface area contributed by atoms with Gasteiger partial charge in [0.1, 0.15) is 0 Å². The Morgan fingerprint density at radius 1 is 1.50 bits per heavy atom. The molecule has 2 fully saturated rings. The van der Waals surface area contributed by atoms with Crippen LogP contribution in [0, 0.1) is 0 Å². The summed E-state index contributed by atoms with van der Waals surface area (Å²) in [5.74, 6) is 0. The van der Waals surface area contributed by atoms with Crippen LogP contribution in [-0.4, -0.2) is 54.3 Å². The molecule has 3 unspecified atom stereocenters. The Morgan fingerprint density at radius 2 is 2.45 bits per heavy atom. The van der Waals surface area contributed by atoms with Gasteiger partial charge in [-0.25, -0.2) is 0 Å². The Hall–Kier alpha value is -0.970. The third kappa shape index (κ3) is 3.19. The van der Waals surface area contributed by atoms with E-state index < -0.39 is 0 Å². The highest BCUT2D eigenvalue weighted by molar-refractivity contribution is 5.06. The van der Waals surface area contributed by atoms with Gasteiger partial charge >= 0.3 is 0 Å². The maximum absolute atomic E-state index is 6.15. The monoisotopic (exact) mass is 275 g/mol. The van der Waals surface area contributed by atoms with Gasteiger partial charge in [-0.2, -0.15) is 0 Å². The van der Waals surface area contributed by atoms with Crippen LogP contribution < -0.4 is 5.32 Å². The molecular weight excluding hydrogens is 250 g/mol. The second kappa shape index (κ2) is 6.66. The first-order valence-corrected chi connectivity index (χ1v) is 7.85. The highest BCUT2D eigenvalue weighted by Gasteiger charge is 2.35. The Morgan fingerprint density at radius 3 is 3.25 bits per heavy atom. The molecule has 0 bridgehead atoms. The number of fused-ring (bicyclic) bond motifs is 1. The van der Waals surface area contributed by atoms with E-state index in [0.717, 1.165) is 31.8 Å². The fraction of sp³-hybridized carbons (Fsp3) is 0.688. The number of nitrogens with one attached hydrogen (secondary N) is 1. The molecule has 0 amide bonds. The van der Waals surface area contributed by atoms with Crippen molar-refractivity contribution in [1.29, 1.82) is 0 Å². The van der Waals surface area contributed by atoms with Gasteiger partial charge in [-0.05, 0) is 38.1 Å². The predicted octanol–water partition coefficient (Wildman–Crippen LogP) is 1.47. The molecule has 3 heterocycles. The Labute approximate surface area is 121 Å². The van der Waals surface area contributed by atoms with Crippen molar-refractivity contribution >= 4 is 0 Å². The molecule has 3 atom stereocenters. The van der Waals surface area contributed by atoms with Gasteiger partial charge < -0.3 is 10.1 Å². The van der Waals surface area contributed by atoms with Crippen LogP contribution in [0.1, 0.15) is 25.5 Å². The Balaban J connectivity index is 1.64. The molecule has 0 radical (unpaired) electrons. The van der Waals surface area contributed by atoms with Gasteiger partial charge in [-0.1, -0.05) is 13.0 Å². The van der Waals surface area contributed by atoms with Crippen molar-refractivity contribution in [2.45, 2.75) is 44.4 Å². The maximum Gasteiger partial charge on any atom is 0.0859 e. The lowest BCUT2D eigenvalue weighted by molar-refractivity contribution is -0.0643. The summed E-state index contributed by atoms with van der Waals surface area (Å²) in [4.78, 5) is 7.06. The van der Waals surface area contributed by atoms with Crippen LogP contribution in [0.4, 0.5) is 0 Å². The summed E-state index contributed by atoms with van der Waals surface area (Å²) in [6, 6.07) is 7.16. The summed E-state index contributed by atoms with van der Waals surface area (Å²) in [7, 11) is 0. The van der Waals surface area contributed by atoms with E-state index in [9.17, 15) is 0 Å². The van der Waals surface area contributed by atoms with Crippen LogP contribution >= 0.6 is 0 Å². The first-order chi connectivity index (χ1) is 9.86. The lowest BCUT2D eigenvalue weighted by Crippen LogP contribution is -2.54. The van der Waals surface area contributed by atoms with E-state index in [1.54, 1.807) is 0 Å². The van der Waals surface area contributed by atoms with Gasteiger partial charge in [-0.3, -0.25) is 9.88 Å². The van der Waals surface area contributed by atoms with Crippen LogP contribution in [-0.2, 0) is 11.2 Å². The average Bonchev–Trinajstić information content (AvgIpc) is 2.95. The average molecular weight is 275 g/mol. The molecule has 4 nitrogen and oxygen atoms in total.